The summed E-state index contributed by atoms with van der Waals surface area (Å²) in [5, 5.41) is 12.2. The van der Waals surface area contributed by atoms with Crippen LogP contribution < -0.4 is 5.56 Å². The van der Waals surface area contributed by atoms with E-state index in [9.17, 15) is 9.59 Å². The summed E-state index contributed by atoms with van der Waals surface area (Å²) in [6, 6.07) is 9.31. The second-order valence-corrected chi connectivity index (χ2v) is 5.77. The Hall–Kier alpha value is -3.55. The van der Waals surface area contributed by atoms with Gasteiger partial charge in [0.2, 0.25) is 0 Å². The van der Waals surface area contributed by atoms with Gasteiger partial charge in [-0.3, -0.25) is 9.36 Å². The Kier molecular flexibility index (Phi) is 3.72. The predicted molar refractivity (Wildman–Crippen MR) is 94.6 cm³/mol. The number of pyridine rings is 1. The first-order chi connectivity index (χ1) is 12.6. The number of hydrogen-bond acceptors (Lipinski definition) is 6. The second kappa shape index (κ2) is 6.07. The summed E-state index contributed by atoms with van der Waals surface area (Å²) in [6.45, 7) is 3.95. The smallest absolute Gasteiger partial charge is 0.343 e. The van der Waals surface area contributed by atoms with E-state index in [1.54, 1.807) is 19.2 Å². The molecule has 0 amide bonds. The summed E-state index contributed by atoms with van der Waals surface area (Å²) >= 11 is 0. The average Bonchev–Trinajstić information content (AvgIpc) is 3.08. The first kappa shape index (κ1) is 15.9. The van der Waals surface area contributed by atoms with Crippen LogP contribution in [0.1, 0.15) is 22.8 Å². The number of rotatable bonds is 3. The van der Waals surface area contributed by atoms with Gasteiger partial charge in [-0.15, -0.1) is 10.2 Å². The van der Waals surface area contributed by atoms with Gasteiger partial charge >= 0.3 is 5.97 Å². The van der Waals surface area contributed by atoms with Crippen molar-refractivity contribution in [1.29, 1.82) is 0 Å². The van der Waals surface area contributed by atoms with E-state index in [0.29, 0.717) is 5.52 Å². The van der Waals surface area contributed by atoms with Gasteiger partial charge in [-0.2, -0.15) is 5.10 Å². The zero-order chi connectivity index (χ0) is 18.3. The normalized spacial score (nSPS) is 11.2. The van der Waals surface area contributed by atoms with Crippen molar-refractivity contribution < 1.29 is 9.53 Å². The maximum absolute atomic E-state index is 12.8. The van der Waals surface area contributed by atoms with E-state index in [2.05, 4.69) is 15.3 Å². The van der Waals surface area contributed by atoms with Crippen LogP contribution in [0.5, 0.6) is 0 Å². The summed E-state index contributed by atoms with van der Waals surface area (Å²) in [4.78, 5) is 24.8. The van der Waals surface area contributed by atoms with Gasteiger partial charge in [-0.25, -0.2) is 9.31 Å². The molecule has 0 aliphatic heterocycles. The molecule has 0 saturated carbocycles. The molecule has 0 aliphatic carbocycles. The van der Waals surface area contributed by atoms with Crippen molar-refractivity contribution in [3.05, 3.63) is 64.2 Å². The molecule has 3 aromatic heterocycles. The molecule has 26 heavy (non-hydrogen) atoms. The van der Waals surface area contributed by atoms with Crippen molar-refractivity contribution in [2.24, 2.45) is 0 Å². The third kappa shape index (κ3) is 2.43. The zero-order valence-corrected chi connectivity index (χ0v) is 14.2. The summed E-state index contributed by atoms with van der Waals surface area (Å²) in [7, 11) is 0. The lowest BCUT2D eigenvalue weighted by molar-refractivity contribution is 0.0528. The number of aromatic nitrogens is 5. The lowest BCUT2D eigenvalue weighted by atomic mass is 10.2. The van der Waals surface area contributed by atoms with Crippen molar-refractivity contribution in [3.8, 4) is 5.69 Å². The van der Waals surface area contributed by atoms with Gasteiger partial charge in [0, 0.05) is 11.9 Å². The first-order valence-corrected chi connectivity index (χ1v) is 8.10. The molecule has 4 aromatic rings. The van der Waals surface area contributed by atoms with Crippen LogP contribution in [-0.4, -0.2) is 37.0 Å². The van der Waals surface area contributed by atoms with Crippen LogP contribution in [0.2, 0.25) is 0 Å². The molecule has 0 atom stereocenters. The summed E-state index contributed by atoms with van der Waals surface area (Å²) < 4.78 is 7.91. The van der Waals surface area contributed by atoms with Crippen molar-refractivity contribution in [1.82, 2.24) is 24.4 Å². The number of fused-ring (bicyclic) bond motifs is 3. The quantitative estimate of drug-likeness (QED) is 0.525. The fourth-order valence-electron chi connectivity index (χ4n) is 2.75. The molecule has 0 N–H and O–H groups in total. The average molecular weight is 349 g/mol. The molecule has 0 radical (unpaired) electrons. The Labute approximate surface area is 147 Å². The fraction of sp³-hybridized carbons (Fsp3) is 0.167. The highest BCUT2D eigenvalue weighted by Gasteiger charge is 2.18. The number of esters is 1. The van der Waals surface area contributed by atoms with E-state index in [1.807, 2.05) is 31.2 Å². The number of benzene rings is 1. The Morgan fingerprint density at radius 3 is 2.65 bits per heavy atom. The summed E-state index contributed by atoms with van der Waals surface area (Å²) in [5.74, 6) is -0.524. The lowest BCUT2D eigenvalue weighted by Crippen LogP contribution is -2.20. The van der Waals surface area contributed by atoms with Crippen molar-refractivity contribution >= 4 is 22.6 Å². The van der Waals surface area contributed by atoms with E-state index in [-0.39, 0.29) is 28.9 Å². The molecule has 3 heterocycles. The second-order valence-electron chi connectivity index (χ2n) is 5.77. The Balaban J connectivity index is 1.91. The Morgan fingerprint density at radius 1 is 1.15 bits per heavy atom. The lowest BCUT2D eigenvalue weighted by Gasteiger charge is -2.07. The van der Waals surface area contributed by atoms with Gasteiger partial charge in [0.15, 0.2) is 11.2 Å². The van der Waals surface area contributed by atoms with Crippen molar-refractivity contribution in [2.75, 3.05) is 6.61 Å². The zero-order valence-electron chi connectivity index (χ0n) is 14.2. The highest BCUT2D eigenvalue weighted by Crippen LogP contribution is 2.15. The van der Waals surface area contributed by atoms with E-state index in [4.69, 9.17) is 4.74 Å². The number of carbonyl (C=O) groups excluding carboxylic acids is 1. The summed E-state index contributed by atoms with van der Waals surface area (Å²) in [6.07, 6.45) is 3.02. The molecule has 8 nitrogen and oxygen atoms in total. The maximum atomic E-state index is 12.8. The fourth-order valence-corrected chi connectivity index (χ4v) is 2.75. The molecule has 130 valence electrons. The largest absolute Gasteiger partial charge is 0.462 e. The van der Waals surface area contributed by atoms with E-state index in [1.165, 1.54) is 15.3 Å². The molecular weight excluding hydrogens is 334 g/mol. The van der Waals surface area contributed by atoms with Crippen LogP contribution in [0.4, 0.5) is 0 Å². The highest BCUT2D eigenvalue weighted by molar-refractivity contribution is 5.96. The highest BCUT2D eigenvalue weighted by atomic mass is 16.5. The Morgan fingerprint density at radius 2 is 1.92 bits per heavy atom. The van der Waals surface area contributed by atoms with Crippen LogP contribution in [-0.2, 0) is 4.74 Å². The molecule has 0 bridgehead atoms. The van der Waals surface area contributed by atoms with E-state index < -0.39 is 5.97 Å². The first-order valence-electron chi connectivity index (χ1n) is 8.10. The summed E-state index contributed by atoms with van der Waals surface area (Å²) in [5.41, 5.74) is 2.63. The topological polar surface area (TPSA) is 91.4 Å². The van der Waals surface area contributed by atoms with E-state index >= 15 is 0 Å². The van der Waals surface area contributed by atoms with E-state index in [0.717, 1.165) is 11.3 Å². The van der Waals surface area contributed by atoms with Gasteiger partial charge < -0.3 is 4.74 Å². The number of aryl methyl sites for hydroxylation is 1. The molecule has 1 aromatic carbocycles. The number of ether oxygens (including phenoxy) is 1. The van der Waals surface area contributed by atoms with Crippen molar-refractivity contribution in [2.45, 2.75) is 13.8 Å². The molecule has 0 unspecified atom stereocenters. The monoisotopic (exact) mass is 349 g/mol. The molecule has 4 rings (SSSR count). The molecule has 0 aliphatic rings. The van der Waals surface area contributed by atoms with Crippen LogP contribution in [0.3, 0.4) is 0 Å². The maximum Gasteiger partial charge on any atom is 0.343 e. The van der Waals surface area contributed by atoms with Crippen LogP contribution in [0.15, 0.2) is 47.5 Å². The van der Waals surface area contributed by atoms with Gasteiger partial charge in [0.25, 0.3) is 5.56 Å². The molecule has 8 heteroatoms. The van der Waals surface area contributed by atoms with Crippen LogP contribution in [0, 0.1) is 6.92 Å². The minimum absolute atomic E-state index is 0.166. The molecule has 0 fully saturated rings. The van der Waals surface area contributed by atoms with Gasteiger partial charge in [0.05, 0.1) is 12.8 Å². The third-order valence-corrected chi connectivity index (χ3v) is 4.07. The predicted octanol–water partition coefficient (Wildman–Crippen LogP) is 1.91. The minimum Gasteiger partial charge on any atom is -0.462 e. The van der Waals surface area contributed by atoms with Crippen molar-refractivity contribution in [3.63, 3.8) is 0 Å². The van der Waals surface area contributed by atoms with Crippen LogP contribution >= 0.6 is 0 Å². The Bertz CT molecular complexity index is 1190. The third-order valence-electron chi connectivity index (χ3n) is 4.07. The molecule has 0 spiro atoms. The van der Waals surface area contributed by atoms with Gasteiger partial charge in [-0.05, 0) is 32.0 Å². The SMILES string of the molecule is CCOC(=O)c1cnn2c1nnc1c(=O)n(-c3ccc(C)cc3)ccc12. The van der Waals surface area contributed by atoms with Gasteiger partial charge in [-0.1, -0.05) is 17.7 Å². The van der Waals surface area contributed by atoms with Gasteiger partial charge in [0.1, 0.15) is 11.1 Å². The number of hydrogen-bond donors (Lipinski definition) is 0. The number of carbonyl (C=O) groups is 1. The standard InChI is InChI=1S/C18H15N5O3/c1-3-26-18(25)13-10-19-23-14-8-9-22(12-6-4-11(2)5-7-12)17(24)15(14)20-21-16(13)23/h4-10H,3H2,1-2H3. The number of nitrogens with zero attached hydrogens (tertiary/aromatic N) is 5. The molecular formula is C18H15N5O3. The van der Waals surface area contributed by atoms with Crippen LogP contribution in [0.25, 0.3) is 22.4 Å². The minimum atomic E-state index is -0.524. The molecule has 0 saturated heterocycles.